The molecule has 1 aliphatic carbocycles. The predicted molar refractivity (Wildman–Crippen MR) is 146 cm³/mol. The van der Waals surface area contributed by atoms with Gasteiger partial charge in [-0.1, -0.05) is 0 Å². The first-order valence-corrected chi connectivity index (χ1v) is 15.8. The van der Waals surface area contributed by atoms with Gasteiger partial charge in [-0.05, 0) is 70.1 Å². The van der Waals surface area contributed by atoms with Crippen LogP contribution < -0.4 is 21.3 Å². The monoisotopic (exact) mass is 650 g/mol. The molecule has 4 unspecified atom stereocenters. The Morgan fingerprint density at radius 1 is 0.523 bits per heavy atom. The van der Waals surface area contributed by atoms with Crippen LogP contribution in [0.3, 0.4) is 0 Å². The molecule has 7 nitrogen and oxygen atoms in total. The standard InChI is InChI=1S/C8H13F2N.3C7H11F2NO/c9-8(10)2-1-7(5-8)3-4-11-6-7;8-7(9)2-4-11-6(7)1-3-10-5-6;8-7(9)5-11-4-6(7)1-2-10-3-6;8-7(9)2-1-6(11-7)3-4-10-5-6/h11H,1-6H2;3*10H,1-5H2. The quantitative estimate of drug-likeness (QED) is 0.292. The van der Waals surface area contributed by atoms with Crippen molar-refractivity contribution in [3.63, 3.8) is 0 Å². The SMILES string of the molecule is FC1(F)CCC2(CCNC2)C1.FC1(F)CCC2(CCNC2)O1.FC1(F)CCOC12CCNC2.FC1(F)COCC12CCNC2. The van der Waals surface area contributed by atoms with Crippen molar-refractivity contribution in [2.24, 2.45) is 10.8 Å². The van der Waals surface area contributed by atoms with Gasteiger partial charge in [-0.15, -0.1) is 0 Å². The summed E-state index contributed by atoms with van der Waals surface area (Å²) in [5, 5.41) is 12.1. The lowest BCUT2D eigenvalue weighted by Crippen LogP contribution is -2.46. The molecule has 8 fully saturated rings. The van der Waals surface area contributed by atoms with Gasteiger partial charge in [-0.3, -0.25) is 0 Å². The summed E-state index contributed by atoms with van der Waals surface area (Å²) in [6.07, 6.45) is 0.988. The molecule has 4 atom stereocenters. The van der Waals surface area contributed by atoms with Gasteiger partial charge in [0.05, 0.1) is 24.2 Å². The van der Waals surface area contributed by atoms with Crippen LogP contribution in [0.5, 0.6) is 0 Å². The third-order valence-corrected chi connectivity index (χ3v) is 10.7. The van der Waals surface area contributed by atoms with Crippen molar-refractivity contribution in [1.82, 2.24) is 21.3 Å². The number of alkyl halides is 8. The van der Waals surface area contributed by atoms with Crippen LogP contribution in [0.4, 0.5) is 35.1 Å². The van der Waals surface area contributed by atoms with Crippen molar-refractivity contribution in [2.75, 3.05) is 72.2 Å². The van der Waals surface area contributed by atoms with E-state index >= 15 is 0 Å². The molecule has 8 rings (SSSR count). The fraction of sp³-hybridized carbons (Fsp3) is 1.00. The van der Waals surface area contributed by atoms with Gasteiger partial charge in [-0.2, -0.15) is 8.78 Å². The maximum Gasteiger partial charge on any atom is 0.356 e. The Morgan fingerprint density at radius 2 is 1.20 bits per heavy atom. The Balaban J connectivity index is 0.000000116. The first-order chi connectivity index (χ1) is 20.6. The minimum Gasteiger partial charge on any atom is -0.374 e. The molecule has 7 heterocycles. The zero-order chi connectivity index (χ0) is 31.8. The lowest BCUT2D eigenvalue weighted by Gasteiger charge is -2.28. The lowest BCUT2D eigenvalue weighted by atomic mass is 9.83. The van der Waals surface area contributed by atoms with Gasteiger partial charge in [0.2, 0.25) is 5.92 Å². The van der Waals surface area contributed by atoms with E-state index in [1.165, 1.54) is 0 Å². The zero-order valence-corrected chi connectivity index (χ0v) is 25.1. The maximum absolute atomic E-state index is 13.1. The topological polar surface area (TPSA) is 75.8 Å². The first-order valence-electron chi connectivity index (χ1n) is 15.8. The molecule has 44 heavy (non-hydrogen) atoms. The molecule has 4 spiro atoms. The van der Waals surface area contributed by atoms with E-state index in [0.29, 0.717) is 58.4 Å². The zero-order valence-electron chi connectivity index (χ0n) is 25.1. The highest BCUT2D eigenvalue weighted by Gasteiger charge is 2.60. The van der Waals surface area contributed by atoms with Crippen LogP contribution in [-0.4, -0.2) is 107 Å². The Labute approximate surface area is 253 Å². The molecule has 256 valence electrons. The molecule has 0 bridgehead atoms. The van der Waals surface area contributed by atoms with Gasteiger partial charge < -0.3 is 35.5 Å². The lowest BCUT2D eigenvalue weighted by molar-refractivity contribution is -0.248. The van der Waals surface area contributed by atoms with Gasteiger partial charge in [0.1, 0.15) is 12.2 Å². The minimum absolute atomic E-state index is 0.0382. The Bertz CT molecular complexity index is 877. The van der Waals surface area contributed by atoms with Crippen molar-refractivity contribution in [3.05, 3.63) is 0 Å². The number of ether oxygens (including phenoxy) is 3. The molecule has 0 aromatic heterocycles. The van der Waals surface area contributed by atoms with Crippen LogP contribution in [0.15, 0.2) is 0 Å². The predicted octanol–water partition coefficient (Wildman–Crippen LogP) is 4.31. The number of hydrogen-bond acceptors (Lipinski definition) is 7. The third kappa shape index (κ3) is 7.33. The number of rotatable bonds is 0. The summed E-state index contributed by atoms with van der Waals surface area (Å²) in [6, 6.07) is 0. The largest absolute Gasteiger partial charge is 0.374 e. The highest BCUT2D eigenvalue weighted by Crippen LogP contribution is 2.50. The molecule has 7 saturated heterocycles. The Morgan fingerprint density at radius 3 is 1.66 bits per heavy atom. The smallest absolute Gasteiger partial charge is 0.356 e. The molecule has 0 aromatic carbocycles. The summed E-state index contributed by atoms with van der Waals surface area (Å²) in [7, 11) is 0. The fourth-order valence-corrected chi connectivity index (χ4v) is 7.77. The van der Waals surface area contributed by atoms with E-state index in [1.807, 2.05) is 0 Å². The average molecular weight is 651 g/mol. The molecule has 0 aromatic rings. The summed E-state index contributed by atoms with van der Waals surface area (Å²) >= 11 is 0. The van der Waals surface area contributed by atoms with E-state index in [2.05, 4.69) is 21.3 Å². The van der Waals surface area contributed by atoms with Crippen molar-refractivity contribution >= 4 is 0 Å². The van der Waals surface area contributed by atoms with Crippen LogP contribution in [0.2, 0.25) is 0 Å². The van der Waals surface area contributed by atoms with E-state index in [1.54, 1.807) is 0 Å². The van der Waals surface area contributed by atoms with Crippen molar-refractivity contribution in [3.8, 4) is 0 Å². The van der Waals surface area contributed by atoms with E-state index in [-0.39, 0.29) is 44.3 Å². The molecule has 4 N–H and O–H groups in total. The fourth-order valence-electron chi connectivity index (χ4n) is 7.77. The van der Waals surface area contributed by atoms with Gasteiger partial charge in [0.25, 0.3) is 11.8 Å². The van der Waals surface area contributed by atoms with E-state index in [4.69, 9.17) is 14.2 Å². The molecule has 0 amide bonds. The highest BCUT2D eigenvalue weighted by molar-refractivity contribution is 5.04. The van der Waals surface area contributed by atoms with Crippen LogP contribution >= 0.6 is 0 Å². The second kappa shape index (κ2) is 12.6. The van der Waals surface area contributed by atoms with E-state index < -0.39 is 47.1 Å². The van der Waals surface area contributed by atoms with E-state index in [9.17, 15) is 35.1 Å². The Kier molecular flexibility index (Phi) is 9.91. The first kappa shape index (κ1) is 34.5. The van der Waals surface area contributed by atoms with Crippen molar-refractivity contribution < 1.29 is 49.3 Å². The van der Waals surface area contributed by atoms with Gasteiger partial charge in [0, 0.05) is 51.9 Å². The molecular weight excluding hydrogens is 604 g/mol. The number of halogens is 8. The number of hydrogen-bond donors (Lipinski definition) is 4. The second-order valence-electron chi connectivity index (χ2n) is 13.9. The van der Waals surface area contributed by atoms with Gasteiger partial charge in [0.15, 0.2) is 0 Å². The maximum atomic E-state index is 13.1. The van der Waals surface area contributed by atoms with Gasteiger partial charge >= 0.3 is 6.11 Å². The molecule has 7 aliphatic heterocycles. The van der Waals surface area contributed by atoms with Gasteiger partial charge in [-0.25, -0.2) is 26.3 Å². The van der Waals surface area contributed by atoms with Crippen LogP contribution in [0.1, 0.15) is 64.2 Å². The highest BCUT2D eigenvalue weighted by atomic mass is 19.3. The molecule has 1 saturated carbocycles. The van der Waals surface area contributed by atoms with Crippen molar-refractivity contribution in [1.29, 1.82) is 0 Å². The second-order valence-corrected chi connectivity index (χ2v) is 13.9. The molecule has 15 heteroatoms. The molecular formula is C29H46F8N4O3. The normalized spacial score (nSPS) is 42.0. The van der Waals surface area contributed by atoms with E-state index in [0.717, 1.165) is 32.5 Å². The average Bonchev–Trinajstić information content (AvgIpc) is 3.78. The molecule has 8 aliphatic rings. The third-order valence-electron chi connectivity index (χ3n) is 10.7. The molecule has 0 radical (unpaired) electrons. The van der Waals surface area contributed by atoms with Crippen LogP contribution in [-0.2, 0) is 14.2 Å². The Hall–Kier alpha value is -0.840. The summed E-state index contributed by atoms with van der Waals surface area (Å²) in [5.41, 5.74) is -2.62. The minimum atomic E-state index is -2.87. The summed E-state index contributed by atoms with van der Waals surface area (Å²) in [5.74, 6) is -7.60. The summed E-state index contributed by atoms with van der Waals surface area (Å²) in [6.45, 7) is 5.20. The number of nitrogens with one attached hydrogen (secondary N) is 4. The van der Waals surface area contributed by atoms with Crippen LogP contribution in [0, 0.1) is 10.8 Å². The van der Waals surface area contributed by atoms with Crippen molar-refractivity contribution in [2.45, 2.75) is 99.3 Å². The summed E-state index contributed by atoms with van der Waals surface area (Å²) in [4.78, 5) is 0. The summed E-state index contributed by atoms with van der Waals surface area (Å²) < 4.78 is 118. The van der Waals surface area contributed by atoms with Crippen LogP contribution in [0.25, 0.3) is 0 Å².